The predicted octanol–water partition coefficient (Wildman–Crippen LogP) is 3.85. The van der Waals surface area contributed by atoms with Gasteiger partial charge < -0.3 is 10.2 Å². The van der Waals surface area contributed by atoms with E-state index in [0.29, 0.717) is 16.1 Å². The van der Waals surface area contributed by atoms with E-state index in [1.165, 1.54) is 0 Å². The van der Waals surface area contributed by atoms with Gasteiger partial charge in [0.15, 0.2) is 5.65 Å². The number of anilines is 1. The van der Waals surface area contributed by atoms with Crippen molar-refractivity contribution in [1.82, 2.24) is 25.1 Å². The molecule has 1 saturated heterocycles. The number of halogens is 2. The number of hydrogen-bond donors (Lipinski definition) is 1. The molecule has 2 aromatic heterocycles. The third-order valence-electron chi connectivity index (χ3n) is 5.03. The third kappa shape index (κ3) is 3.49. The number of aryl methyl sites for hydroxylation is 1. The van der Waals surface area contributed by atoms with Crippen LogP contribution in [0, 0.1) is 6.92 Å². The molecule has 0 saturated carbocycles. The Morgan fingerprint density at radius 2 is 2.11 bits per heavy atom. The second-order valence-electron chi connectivity index (χ2n) is 7.07. The van der Waals surface area contributed by atoms with Crippen LogP contribution in [0.15, 0.2) is 24.4 Å². The van der Waals surface area contributed by atoms with Crippen molar-refractivity contribution in [3.05, 3.63) is 45.7 Å². The van der Waals surface area contributed by atoms with Gasteiger partial charge in [-0.2, -0.15) is 5.10 Å². The van der Waals surface area contributed by atoms with Crippen LogP contribution in [-0.4, -0.2) is 45.4 Å². The molecule has 2 unspecified atom stereocenters. The Balaban J connectivity index is 1.77. The topological polar surface area (TPSA) is 58.9 Å². The first-order chi connectivity index (χ1) is 12.9. The highest BCUT2D eigenvalue weighted by Gasteiger charge is 2.22. The molecule has 27 heavy (non-hydrogen) atoms. The number of rotatable bonds is 3. The van der Waals surface area contributed by atoms with Crippen LogP contribution in [0.3, 0.4) is 0 Å². The molecule has 0 amide bonds. The number of nitrogens with one attached hydrogen (secondary N) is 1. The fourth-order valence-electron chi connectivity index (χ4n) is 3.58. The Bertz CT molecular complexity index is 986. The highest BCUT2D eigenvalue weighted by Crippen LogP contribution is 2.31. The van der Waals surface area contributed by atoms with Crippen LogP contribution < -0.4 is 10.2 Å². The van der Waals surface area contributed by atoms with E-state index in [1.807, 2.05) is 29.9 Å². The molecule has 1 N–H and O–H groups in total. The number of aromatic nitrogens is 4. The quantitative estimate of drug-likeness (QED) is 0.718. The normalized spacial score (nSPS) is 18.9. The van der Waals surface area contributed by atoms with Gasteiger partial charge in [0.1, 0.15) is 11.3 Å². The van der Waals surface area contributed by atoms with Gasteiger partial charge >= 0.3 is 0 Å². The number of benzene rings is 1. The van der Waals surface area contributed by atoms with Crippen LogP contribution in [0.25, 0.3) is 11.2 Å². The molecule has 2 atom stereocenters. The maximum absolute atomic E-state index is 6.42. The maximum Gasteiger partial charge on any atom is 0.179 e. The second-order valence-corrected chi connectivity index (χ2v) is 7.92. The van der Waals surface area contributed by atoms with Crippen molar-refractivity contribution < 1.29 is 0 Å². The SMILES string of the molecule is Cc1nn(C(C)c2ccc(Cl)cc2Cl)c2nc(N3CCNC(C)C3)cnc12. The Labute approximate surface area is 168 Å². The van der Waals surface area contributed by atoms with Gasteiger partial charge in [-0.15, -0.1) is 0 Å². The lowest BCUT2D eigenvalue weighted by molar-refractivity contribution is 0.482. The fraction of sp³-hybridized carbons (Fsp3) is 0.421. The van der Waals surface area contributed by atoms with Crippen molar-refractivity contribution in [3.63, 3.8) is 0 Å². The summed E-state index contributed by atoms with van der Waals surface area (Å²) in [6.45, 7) is 8.95. The molecule has 0 radical (unpaired) electrons. The summed E-state index contributed by atoms with van der Waals surface area (Å²) in [5.74, 6) is 0.881. The summed E-state index contributed by atoms with van der Waals surface area (Å²) < 4.78 is 1.90. The number of piperazine rings is 1. The largest absolute Gasteiger partial charge is 0.352 e. The maximum atomic E-state index is 6.42. The van der Waals surface area contributed by atoms with Gasteiger partial charge in [0, 0.05) is 35.7 Å². The van der Waals surface area contributed by atoms with Crippen LogP contribution in [0.4, 0.5) is 5.82 Å². The van der Waals surface area contributed by atoms with Crippen molar-refractivity contribution in [2.75, 3.05) is 24.5 Å². The zero-order valence-electron chi connectivity index (χ0n) is 15.6. The van der Waals surface area contributed by atoms with Crippen molar-refractivity contribution >= 4 is 40.2 Å². The second kappa shape index (κ2) is 7.26. The lowest BCUT2D eigenvalue weighted by atomic mass is 10.1. The first-order valence-electron chi connectivity index (χ1n) is 9.09. The van der Waals surface area contributed by atoms with Gasteiger partial charge in [-0.25, -0.2) is 14.6 Å². The summed E-state index contributed by atoms with van der Waals surface area (Å²) >= 11 is 12.5. The van der Waals surface area contributed by atoms with Gasteiger partial charge in [0.05, 0.1) is 17.9 Å². The minimum Gasteiger partial charge on any atom is -0.352 e. The van der Waals surface area contributed by atoms with Crippen molar-refractivity contribution in [2.24, 2.45) is 0 Å². The van der Waals surface area contributed by atoms with Gasteiger partial charge in [-0.3, -0.25) is 0 Å². The average molecular weight is 405 g/mol. The van der Waals surface area contributed by atoms with Crippen molar-refractivity contribution in [3.8, 4) is 0 Å². The van der Waals surface area contributed by atoms with Crippen molar-refractivity contribution in [2.45, 2.75) is 32.9 Å². The summed E-state index contributed by atoms with van der Waals surface area (Å²) in [7, 11) is 0. The minimum absolute atomic E-state index is 0.0857. The molecule has 0 bridgehead atoms. The Hall–Kier alpha value is -1.89. The van der Waals surface area contributed by atoms with E-state index in [9.17, 15) is 0 Å². The number of hydrogen-bond acceptors (Lipinski definition) is 5. The molecule has 6 nitrogen and oxygen atoms in total. The smallest absolute Gasteiger partial charge is 0.179 e. The molecule has 0 spiro atoms. The highest BCUT2D eigenvalue weighted by molar-refractivity contribution is 6.35. The molecule has 142 valence electrons. The van der Waals surface area contributed by atoms with E-state index >= 15 is 0 Å². The molecule has 8 heteroatoms. The van der Waals surface area contributed by atoms with Crippen LogP contribution in [0.1, 0.15) is 31.1 Å². The Morgan fingerprint density at radius 3 is 2.85 bits per heavy atom. The Kier molecular flexibility index (Phi) is 4.97. The third-order valence-corrected chi connectivity index (χ3v) is 5.59. The van der Waals surface area contributed by atoms with Gasteiger partial charge in [-0.05, 0) is 38.5 Å². The molecular formula is C19H22Cl2N6. The average Bonchev–Trinajstić information content (AvgIpc) is 2.97. The van der Waals surface area contributed by atoms with Gasteiger partial charge in [0.25, 0.3) is 0 Å². The van der Waals surface area contributed by atoms with E-state index < -0.39 is 0 Å². The highest BCUT2D eigenvalue weighted by atomic mass is 35.5. The van der Waals surface area contributed by atoms with E-state index in [0.717, 1.165) is 47.9 Å². The minimum atomic E-state index is -0.0857. The lowest BCUT2D eigenvalue weighted by Gasteiger charge is -2.32. The summed E-state index contributed by atoms with van der Waals surface area (Å²) in [5.41, 5.74) is 3.40. The Morgan fingerprint density at radius 1 is 1.30 bits per heavy atom. The summed E-state index contributed by atoms with van der Waals surface area (Å²) in [6.07, 6.45) is 1.85. The van der Waals surface area contributed by atoms with E-state index in [1.54, 1.807) is 6.07 Å². The summed E-state index contributed by atoms with van der Waals surface area (Å²) in [5, 5.41) is 9.39. The zero-order valence-corrected chi connectivity index (χ0v) is 17.1. The molecule has 1 aliphatic heterocycles. The molecule has 4 rings (SSSR count). The predicted molar refractivity (Wildman–Crippen MR) is 110 cm³/mol. The van der Waals surface area contributed by atoms with E-state index in [4.69, 9.17) is 33.3 Å². The summed E-state index contributed by atoms with van der Waals surface area (Å²) in [6, 6.07) is 5.88. The van der Waals surface area contributed by atoms with Crippen LogP contribution in [0.2, 0.25) is 10.0 Å². The van der Waals surface area contributed by atoms with Crippen LogP contribution in [-0.2, 0) is 0 Å². The standard InChI is InChI=1S/C19H22Cl2N6/c1-11-10-26(7-6-22-11)17-9-23-18-12(2)25-27(19(18)24-17)13(3)15-5-4-14(20)8-16(15)21/h4-5,8-9,11,13,22H,6-7,10H2,1-3H3. The molecular weight excluding hydrogens is 383 g/mol. The molecule has 1 aromatic carbocycles. The van der Waals surface area contributed by atoms with E-state index in [-0.39, 0.29) is 6.04 Å². The molecule has 1 fully saturated rings. The van der Waals surface area contributed by atoms with E-state index in [2.05, 4.69) is 29.0 Å². The van der Waals surface area contributed by atoms with Gasteiger partial charge in [0.2, 0.25) is 0 Å². The molecule has 0 aliphatic carbocycles. The lowest BCUT2D eigenvalue weighted by Crippen LogP contribution is -2.49. The fourth-order valence-corrected chi connectivity index (χ4v) is 4.14. The van der Waals surface area contributed by atoms with Crippen LogP contribution >= 0.6 is 23.2 Å². The first-order valence-corrected chi connectivity index (χ1v) is 9.84. The molecule has 3 aromatic rings. The zero-order chi connectivity index (χ0) is 19.1. The molecule has 1 aliphatic rings. The molecule has 3 heterocycles. The van der Waals surface area contributed by atoms with Crippen molar-refractivity contribution in [1.29, 1.82) is 0 Å². The monoisotopic (exact) mass is 404 g/mol. The number of nitrogens with zero attached hydrogens (tertiary/aromatic N) is 5. The first kappa shape index (κ1) is 18.5. The summed E-state index contributed by atoms with van der Waals surface area (Å²) in [4.78, 5) is 11.8. The van der Waals surface area contributed by atoms with Gasteiger partial charge in [-0.1, -0.05) is 29.3 Å². The number of fused-ring (bicyclic) bond motifs is 1. The van der Waals surface area contributed by atoms with Crippen LogP contribution in [0.5, 0.6) is 0 Å².